The third kappa shape index (κ3) is 3.44. The van der Waals surface area contributed by atoms with Crippen LogP contribution in [0.5, 0.6) is 5.75 Å². The number of imidazole rings is 1. The summed E-state index contributed by atoms with van der Waals surface area (Å²) in [6, 6.07) is 9.78. The molecule has 110 valence electrons. The van der Waals surface area contributed by atoms with Crippen LogP contribution in [0, 0.1) is 0 Å². The van der Waals surface area contributed by atoms with Crippen molar-refractivity contribution in [3.05, 3.63) is 48.2 Å². The maximum absolute atomic E-state index is 5.49. The topological polar surface area (TPSA) is 63.1 Å². The second-order valence-corrected chi connectivity index (χ2v) is 4.80. The van der Waals surface area contributed by atoms with E-state index >= 15 is 0 Å². The highest BCUT2D eigenvalue weighted by Gasteiger charge is 2.04. The second kappa shape index (κ2) is 6.45. The molecule has 0 radical (unpaired) electrons. The molecule has 0 saturated heterocycles. The van der Waals surface area contributed by atoms with Gasteiger partial charge < -0.3 is 19.5 Å². The average Bonchev–Trinajstić information content (AvgIpc) is 3.12. The Morgan fingerprint density at radius 1 is 1.33 bits per heavy atom. The van der Waals surface area contributed by atoms with Crippen LogP contribution in [0.2, 0.25) is 0 Å². The third-order valence-corrected chi connectivity index (χ3v) is 3.23. The molecule has 5 heteroatoms. The molecular formula is C16H19N3O2. The molecule has 0 aliphatic rings. The number of hydrogen-bond donors (Lipinski definition) is 2. The number of nitrogens with one attached hydrogen (secondary N) is 2. The highest BCUT2D eigenvalue weighted by molar-refractivity contribution is 5.76. The molecule has 1 aromatic carbocycles. The fraction of sp³-hybridized carbons (Fsp3) is 0.312. The van der Waals surface area contributed by atoms with Gasteiger partial charge in [0.1, 0.15) is 17.3 Å². The van der Waals surface area contributed by atoms with Gasteiger partial charge in [0.15, 0.2) is 0 Å². The van der Waals surface area contributed by atoms with Crippen LogP contribution < -0.4 is 10.1 Å². The van der Waals surface area contributed by atoms with Crippen molar-refractivity contribution < 1.29 is 9.15 Å². The number of H-pyrrole nitrogens is 1. The number of aromatic amines is 1. The van der Waals surface area contributed by atoms with Gasteiger partial charge in [0.25, 0.3) is 0 Å². The van der Waals surface area contributed by atoms with E-state index in [9.17, 15) is 0 Å². The third-order valence-electron chi connectivity index (χ3n) is 3.23. The van der Waals surface area contributed by atoms with E-state index in [0.717, 1.165) is 47.9 Å². The zero-order valence-electron chi connectivity index (χ0n) is 12.1. The number of hydrogen-bond acceptors (Lipinski definition) is 4. The quantitative estimate of drug-likeness (QED) is 0.655. The molecule has 0 aliphatic heterocycles. The zero-order chi connectivity index (χ0) is 14.5. The largest absolute Gasteiger partial charge is 0.494 e. The van der Waals surface area contributed by atoms with Gasteiger partial charge in [-0.2, -0.15) is 0 Å². The average molecular weight is 285 g/mol. The van der Waals surface area contributed by atoms with Gasteiger partial charge in [0.2, 0.25) is 0 Å². The van der Waals surface area contributed by atoms with Crippen molar-refractivity contribution in [2.24, 2.45) is 0 Å². The van der Waals surface area contributed by atoms with Gasteiger partial charge >= 0.3 is 0 Å². The number of fused-ring (bicyclic) bond motifs is 1. The molecule has 0 bridgehead atoms. The molecule has 0 fully saturated rings. The normalized spacial score (nSPS) is 11.1. The number of ether oxygens (including phenoxy) is 1. The molecule has 0 unspecified atom stereocenters. The van der Waals surface area contributed by atoms with E-state index in [-0.39, 0.29) is 0 Å². The summed E-state index contributed by atoms with van der Waals surface area (Å²) in [5.74, 6) is 2.79. The Labute approximate surface area is 123 Å². The van der Waals surface area contributed by atoms with E-state index in [0.29, 0.717) is 6.61 Å². The first-order chi connectivity index (χ1) is 10.3. The van der Waals surface area contributed by atoms with Crippen LogP contribution in [-0.2, 0) is 13.0 Å². The van der Waals surface area contributed by atoms with E-state index in [4.69, 9.17) is 9.15 Å². The summed E-state index contributed by atoms with van der Waals surface area (Å²) < 4.78 is 10.8. The number of benzene rings is 1. The first kappa shape index (κ1) is 13.7. The van der Waals surface area contributed by atoms with Crippen molar-refractivity contribution in [2.45, 2.75) is 19.9 Å². The summed E-state index contributed by atoms with van der Waals surface area (Å²) in [7, 11) is 0. The molecule has 21 heavy (non-hydrogen) atoms. The molecule has 2 N–H and O–H groups in total. The van der Waals surface area contributed by atoms with Crippen LogP contribution in [-0.4, -0.2) is 23.1 Å². The van der Waals surface area contributed by atoms with Crippen LogP contribution in [0.4, 0.5) is 0 Å². The highest BCUT2D eigenvalue weighted by atomic mass is 16.5. The first-order valence-electron chi connectivity index (χ1n) is 7.19. The molecular weight excluding hydrogens is 266 g/mol. The Hall–Kier alpha value is -2.27. The van der Waals surface area contributed by atoms with Gasteiger partial charge in [-0.05, 0) is 31.2 Å². The molecule has 0 saturated carbocycles. The summed E-state index contributed by atoms with van der Waals surface area (Å²) in [5, 5.41) is 3.33. The van der Waals surface area contributed by atoms with Crippen molar-refractivity contribution in [1.29, 1.82) is 0 Å². The van der Waals surface area contributed by atoms with E-state index in [1.165, 1.54) is 0 Å². The summed E-state index contributed by atoms with van der Waals surface area (Å²) in [4.78, 5) is 7.91. The first-order valence-corrected chi connectivity index (χ1v) is 7.19. The van der Waals surface area contributed by atoms with Crippen molar-refractivity contribution in [3.63, 3.8) is 0 Å². The summed E-state index contributed by atoms with van der Waals surface area (Å²) >= 11 is 0. The Balaban J connectivity index is 1.56. The Morgan fingerprint density at radius 2 is 2.29 bits per heavy atom. The SMILES string of the molecule is CCOc1ccc2nc(CCNCc3ccco3)[nH]c2c1. The molecule has 3 rings (SSSR count). The lowest BCUT2D eigenvalue weighted by Gasteiger charge is -2.01. The smallest absolute Gasteiger partial charge is 0.121 e. The Morgan fingerprint density at radius 3 is 3.10 bits per heavy atom. The maximum Gasteiger partial charge on any atom is 0.121 e. The minimum atomic E-state index is 0.670. The molecule has 0 amide bonds. The minimum Gasteiger partial charge on any atom is -0.494 e. The van der Waals surface area contributed by atoms with Gasteiger partial charge in [0.05, 0.1) is 30.4 Å². The standard InChI is InChI=1S/C16H19N3O2/c1-2-20-12-5-6-14-15(10-12)19-16(18-14)7-8-17-11-13-4-3-9-21-13/h3-6,9-10,17H,2,7-8,11H2,1H3,(H,18,19). The number of aromatic nitrogens is 2. The molecule has 0 atom stereocenters. The molecule has 2 heterocycles. The van der Waals surface area contributed by atoms with Crippen LogP contribution in [0.15, 0.2) is 41.0 Å². The number of rotatable bonds is 7. The van der Waals surface area contributed by atoms with Gasteiger partial charge in [-0.25, -0.2) is 4.98 Å². The van der Waals surface area contributed by atoms with Crippen molar-refractivity contribution in [1.82, 2.24) is 15.3 Å². The molecule has 3 aromatic rings. The lowest BCUT2D eigenvalue weighted by molar-refractivity contribution is 0.340. The van der Waals surface area contributed by atoms with Gasteiger partial charge in [-0.1, -0.05) is 0 Å². The van der Waals surface area contributed by atoms with Crippen molar-refractivity contribution >= 4 is 11.0 Å². The molecule has 0 aliphatic carbocycles. The monoisotopic (exact) mass is 285 g/mol. The highest BCUT2D eigenvalue weighted by Crippen LogP contribution is 2.19. The minimum absolute atomic E-state index is 0.670. The second-order valence-electron chi connectivity index (χ2n) is 4.80. The van der Waals surface area contributed by atoms with Gasteiger partial charge in [-0.3, -0.25) is 0 Å². The van der Waals surface area contributed by atoms with Crippen molar-refractivity contribution in [2.75, 3.05) is 13.2 Å². The maximum atomic E-state index is 5.49. The van der Waals surface area contributed by atoms with E-state index in [1.807, 2.05) is 37.3 Å². The van der Waals surface area contributed by atoms with Gasteiger partial charge in [0, 0.05) is 19.0 Å². The lowest BCUT2D eigenvalue weighted by Crippen LogP contribution is -2.16. The Bertz CT molecular complexity index is 689. The predicted molar refractivity (Wildman–Crippen MR) is 81.4 cm³/mol. The summed E-state index contributed by atoms with van der Waals surface area (Å²) in [6.45, 7) is 4.23. The van der Waals surface area contributed by atoms with Crippen LogP contribution in [0.3, 0.4) is 0 Å². The fourth-order valence-electron chi connectivity index (χ4n) is 2.25. The number of furan rings is 1. The van der Waals surface area contributed by atoms with E-state index < -0.39 is 0 Å². The van der Waals surface area contributed by atoms with Crippen LogP contribution in [0.25, 0.3) is 11.0 Å². The fourth-order valence-corrected chi connectivity index (χ4v) is 2.25. The summed E-state index contributed by atoms with van der Waals surface area (Å²) in [5.41, 5.74) is 1.99. The molecule has 2 aromatic heterocycles. The van der Waals surface area contributed by atoms with Gasteiger partial charge in [-0.15, -0.1) is 0 Å². The van der Waals surface area contributed by atoms with Crippen LogP contribution in [0.1, 0.15) is 18.5 Å². The van der Waals surface area contributed by atoms with Crippen molar-refractivity contribution in [3.8, 4) is 5.75 Å². The predicted octanol–water partition coefficient (Wildman–Crippen LogP) is 2.89. The number of nitrogens with zero attached hydrogens (tertiary/aromatic N) is 1. The zero-order valence-corrected chi connectivity index (χ0v) is 12.1. The molecule has 0 spiro atoms. The Kier molecular flexibility index (Phi) is 4.21. The van der Waals surface area contributed by atoms with Crippen LogP contribution >= 0.6 is 0 Å². The summed E-state index contributed by atoms with van der Waals surface area (Å²) in [6.07, 6.45) is 2.53. The van der Waals surface area contributed by atoms with E-state index in [2.05, 4.69) is 15.3 Å². The lowest BCUT2D eigenvalue weighted by atomic mass is 10.3. The molecule has 5 nitrogen and oxygen atoms in total. The van der Waals surface area contributed by atoms with E-state index in [1.54, 1.807) is 6.26 Å².